The molecular formula is C11H17NO4S. The van der Waals surface area contributed by atoms with Gasteiger partial charge in [0.15, 0.2) is 11.5 Å². The van der Waals surface area contributed by atoms with Gasteiger partial charge in [-0.25, -0.2) is 13.1 Å². The van der Waals surface area contributed by atoms with Gasteiger partial charge < -0.3 is 9.47 Å². The SMILES string of the molecule is CCNS(=O)(=O)c1cc(OC)c(OC)cc1C. The molecule has 0 spiro atoms. The summed E-state index contributed by atoms with van der Waals surface area (Å²) >= 11 is 0. The summed E-state index contributed by atoms with van der Waals surface area (Å²) in [6.45, 7) is 3.79. The third kappa shape index (κ3) is 2.89. The van der Waals surface area contributed by atoms with E-state index in [1.54, 1.807) is 19.9 Å². The minimum Gasteiger partial charge on any atom is -0.493 e. The highest BCUT2D eigenvalue weighted by Gasteiger charge is 2.19. The molecule has 0 saturated carbocycles. The third-order valence-electron chi connectivity index (χ3n) is 2.30. The number of nitrogens with one attached hydrogen (secondary N) is 1. The average molecular weight is 259 g/mol. The highest BCUT2D eigenvalue weighted by molar-refractivity contribution is 7.89. The van der Waals surface area contributed by atoms with Crippen LogP contribution in [0.2, 0.25) is 0 Å². The van der Waals surface area contributed by atoms with Crippen molar-refractivity contribution in [2.45, 2.75) is 18.7 Å². The zero-order valence-corrected chi connectivity index (χ0v) is 11.2. The second kappa shape index (κ2) is 5.37. The smallest absolute Gasteiger partial charge is 0.240 e. The standard InChI is InChI=1S/C11H17NO4S/c1-5-12-17(13,14)11-7-10(16-4)9(15-3)6-8(11)2/h6-7,12H,5H2,1-4H3. The van der Waals surface area contributed by atoms with Gasteiger partial charge in [-0.1, -0.05) is 6.92 Å². The molecule has 0 bridgehead atoms. The Kier molecular flexibility index (Phi) is 4.36. The second-order valence-electron chi connectivity index (χ2n) is 3.47. The highest BCUT2D eigenvalue weighted by atomic mass is 32.2. The maximum atomic E-state index is 11.9. The molecule has 0 aromatic heterocycles. The molecule has 6 heteroatoms. The summed E-state index contributed by atoms with van der Waals surface area (Å²) in [5, 5.41) is 0. The van der Waals surface area contributed by atoms with Crippen LogP contribution in [-0.2, 0) is 10.0 Å². The minimum atomic E-state index is -3.48. The Balaban J connectivity index is 3.36. The molecule has 17 heavy (non-hydrogen) atoms. The average Bonchev–Trinajstić information content (AvgIpc) is 2.28. The Labute approximate surface area is 102 Å². The van der Waals surface area contributed by atoms with E-state index in [4.69, 9.17) is 9.47 Å². The van der Waals surface area contributed by atoms with Gasteiger partial charge in [0.2, 0.25) is 10.0 Å². The van der Waals surface area contributed by atoms with Crippen LogP contribution in [0.15, 0.2) is 17.0 Å². The van der Waals surface area contributed by atoms with Gasteiger partial charge in [-0.15, -0.1) is 0 Å². The Hall–Kier alpha value is -1.27. The van der Waals surface area contributed by atoms with Gasteiger partial charge in [-0.3, -0.25) is 0 Å². The van der Waals surface area contributed by atoms with E-state index in [9.17, 15) is 8.42 Å². The van der Waals surface area contributed by atoms with E-state index in [2.05, 4.69) is 4.72 Å². The van der Waals surface area contributed by atoms with E-state index in [0.717, 1.165) is 0 Å². The lowest BCUT2D eigenvalue weighted by Crippen LogP contribution is -2.24. The van der Waals surface area contributed by atoms with Gasteiger partial charge in [0.1, 0.15) is 0 Å². The van der Waals surface area contributed by atoms with E-state index >= 15 is 0 Å². The molecule has 0 amide bonds. The van der Waals surface area contributed by atoms with Crippen molar-refractivity contribution in [2.75, 3.05) is 20.8 Å². The molecule has 0 saturated heterocycles. The molecule has 0 aliphatic carbocycles. The molecular weight excluding hydrogens is 242 g/mol. The van der Waals surface area contributed by atoms with Crippen LogP contribution in [-0.4, -0.2) is 29.2 Å². The van der Waals surface area contributed by atoms with Crippen LogP contribution in [0, 0.1) is 6.92 Å². The molecule has 1 aromatic carbocycles. The molecule has 1 aromatic rings. The van der Waals surface area contributed by atoms with Crippen molar-refractivity contribution in [2.24, 2.45) is 0 Å². The lowest BCUT2D eigenvalue weighted by Gasteiger charge is -2.13. The van der Waals surface area contributed by atoms with E-state index in [-0.39, 0.29) is 4.90 Å². The van der Waals surface area contributed by atoms with Gasteiger partial charge in [0, 0.05) is 12.6 Å². The minimum absolute atomic E-state index is 0.206. The maximum absolute atomic E-state index is 11.9. The lowest BCUT2D eigenvalue weighted by molar-refractivity contribution is 0.353. The number of ether oxygens (including phenoxy) is 2. The molecule has 0 unspecified atom stereocenters. The van der Waals surface area contributed by atoms with E-state index in [1.165, 1.54) is 20.3 Å². The fourth-order valence-electron chi connectivity index (χ4n) is 1.52. The van der Waals surface area contributed by atoms with Crippen LogP contribution in [0.3, 0.4) is 0 Å². The van der Waals surface area contributed by atoms with E-state index in [0.29, 0.717) is 23.6 Å². The fraction of sp³-hybridized carbons (Fsp3) is 0.455. The lowest BCUT2D eigenvalue weighted by atomic mass is 10.2. The van der Waals surface area contributed by atoms with Crippen molar-refractivity contribution in [3.63, 3.8) is 0 Å². The van der Waals surface area contributed by atoms with Crippen molar-refractivity contribution < 1.29 is 17.9 Å². The molecule has 5 nitrogen and oxygen atoms in total. The van der Waals surface area contributed by atoms with Crippen LogP contribution in [0.5, 0.6) is 11.5 Å². The van der Waals surface area contributed by atoms with Gasteiger partial charge >= 0.3 is 0 Å². The van der Waals surface area contributed by atoms with Crippen molar-refractivity contribution in [1.29, 1.82) is 0 Å². The topological polar surface area (TPSA) is 64.6 Å². The van der Waals surface area contributed by atoms with Gasteiger partial charge in [0.25, 0.3) is 0 Å². The van der Waals surface area contributed by atoms with Crippen LogP contribution in [0.1, 0.15) is 12.5 Å². The zero-order chi connectivity index (χ0) is 13.1. The van der Waals surface area contributed by atoms with Crippen LogP contribution in [0.4, 0.5) is 0 Å². The molecule has 0 aliphatic heterocycles. The first kappa shape index (κ1) is 13.8. The molecule has 0 radical (unpaired) electrons. The molecule has 0 aliphatic rings. The highest BCUT2D eigenvalue weighted by Crippen LogP contribution is 2.32. The first-order valence-corrected chi connectivity index (χ1v) is 6.66. The molecule has 0 heterocycles. The quantitative estimate of drug-likeness (QED) is 0.866. The van der Waals surface area contributed by atoms with Crippen molar-refractivity contribution in [3.8, 4) is 11.5 Å². The first-order valence-electron chi connectivity index (χ1n) is 5.18. The fourth-order valence-corrected chi connectivity index (χ4v) is 2.80. The normalized spacial score (nSPS) is 11.3. The summed E-state index contributed by atoms with van der Waals surface area (Å²) in [5.41, 5.74) is 0.614. The Bertz CT molecular complexity index is 496. The predicted molar refractivity (Wildman–Crippen MR) is 65.1 cm³/mol. The molecule has 0 atom stereocenters. The Morgan fingerprint density at radius 1 is 1.18 bits per heavy atom. The number of hydrogen-bond donors (Lipinski definition) is 1. The number of hydrogen-bond acceptors (Lipinski definition) is 4. The summed E-state index contributed by atoms with van der Waals surface area (Å²) in [7, 11) is -0.505. The van der Waals surface area contributed by atoms with Gasteiger partial charge in [-0.05, 0) is 18.6 Å². The zero-order valence-electron chi connectivity index (χ0n) is 10.4. The largest absolute Gasteiger partial charge is 0.493 e. The number of rotatable bonds is 5. The van der Waals surface area contributed by atoms with Crippen LogP contribution in [0.25, 0.3) is 0 Å². The number of methoxy groups -OCH3 is 2. The molecule has 1 rings (SSSR count). The van der Waals surface area contributed by atoms with Crippen molar-refractivity contribution in [1.82, 2.24) is 4.72 Å². The molecule has 1 N–H and O–H groups in total. The predicted octanol–water partition coefficient (Wildman–Crippen LogP) is 1.31. The Morgan fingerprint density at radius 3 is 2.18 bits per heavy atom. The summed E-state index contributed by atoms with van der Waals surface area (Å²) in [5.74, 6) is 0.912. The van der Waals surface area contributed by atoms with Gasteiger partial charge in [-0.2, -0.15) is 0 Å². The van der Waals surface area contributed by atoms with Crippen LogP contribution >= 0.6 is 0 Å². The maximum Gasteiger partial charge on any atom is 0.240 e. The van der Waals surface area contributed by atoms with Crippen molar-refractivity contribution in [3.05, 3.63) is 17.7 Å². The Morgan fingerprint density at radius 2 is 1.71 bits per heavy atom. The number of sulfonamides is 1. The third-order valence-corrected chi connectivity index (χ3v) is 3.99. The van der Waals surface area contributed by atoms with E-state index < -0.39 is 10.0 Å². The first-order chi connectivity index (χ1) is 7.96. The summed E-state index contributed by atoms with van der Waals surface area (Å²) < 4.78 is 36.5. The monoisotopic (exact) mass is 259 g/mol. The summed E-state index contributed by atoms with van der Waals surface area (Å²) in [4.78, 5) is 0.206. The number of aryl methyl sites for hydroxylation is 1. The van der Waals surface area contributed by atoms with Crippen molar-refractivity contribution >= 4 is 10.0 Å². The summed E-state index contributed by atoms with van der Waals surface area (Å²) in [6, 6.07) is 3.11. The molecule has 96 valence electrons. The van der Waals surface area contributed by atoms with Gasteiger partial charge in [0.05, 0.1) is 19.1 Å². The van der Waals surface area contributed by atoms with E-state index in [1.807, 2.05) is 0 Å². The summed E-state index contributed by atoms with van der Waals surface area (Å²) in [6.07, 6.45) is 0. The molecule has 0 fully saturated rings. The van der Waals surface area contributed by atoms with Crippen LogP contribution < -0.4 is 14.2 Å². The second-order valence-corrected chi connectivity index (χ2v) is 5.21. The number of benzene rings is 1.